The van der Waals surface area contributed by atoms with Gasteiger partial charge in [0, 0.05) is 12.6 Å². The summed E-state index contributed by atoms with van der Waals surface area (Å²) in [6.45, 7) is 2.64. The monoisotopic (exact) mass is 459 g/mol. The molecule has 10 heteroatoms. The van der Waals surface area contributed by atoms with Crippen LogP contribution in [0.3, 0.4) is 0 Å². The molecule has 0 N–H and O–H groups in total. The van der Waals surface area contributed by atoms with Crippen molar-refractivity contribution in [3.05, 3.63) is 42.9 Å². The fraction of sp³-hybridized carbons (Fsp3) is 0.429. The number of aromatic nitrogens is 4. The molecule has 1 aliphatic rings. The summed E-state index contributed by atoms with van der Waals surface area (Å²) in [5.41, 5.74) is 1.58. The molecule has 8 nitrogen and oxygen atoms in total. The van der Waals surface area contributed by atoms with Crippen LogP contribution >= 0.6 is 11.8 Å². The molecule has 4 rings (SSSR count). The van der Waals surface area contributed by atoms with Gasteiger partial charge >= 0.3 is 0 Å². The third-order valence-corrected chi connectivity index (χ3v) is 8.12. The molecule has 0 spiro atoms. The van der Waals surface area contributed by atoms with Gasteiger partial charge in [-0.1, -0.05) is 43.3 Å². The quantitative estimate of drug-likeness (QED) is 0.377. The zero-order chi connectivity index (χ0) is 21.8. The highest BCUT2D eigenvalue weighted by Gasteiger charge is 2.34. The van der Waals surface area contributed by atoms with Crippen LogP contribution in [-0.2, 0) is 14.6 Å². The lowest BCUT2D eigenvalue weighted by Gasteiger charge is -2.28. The maximum Gasteiger partial charge on any atom is 0.233 e. The van der Waals surface area contributed by atoms with E-state index >= 15 is 0 Å². The lowest BCUT2D eigenvalue weighted by Crippen LogP contribution is -2.42. The Morgan fingerprint density at radius 1 is 1.26 bits per heavy atom. The minimum absolute atomic E-state index is 0.0530. The fourth-order valence-electron chi connectivity index (χ4n) is 3.77. The van der Waals surface area contributed by atoms with Crippen LogP contribution in [0, 0.1) is 0 Å². The number of hydrogen-bond donors (Lipinski definition) is 0. The van der Waals surface area contributed by atoms with Crippen LogP contribution in [-0.4, -0.2) is 68.8 Å². The number of thioether (sulfide) groups is 1. The first kappa shape index (κ1) is 21.8. The van der Waals surface area contributed by atoms with E-state index in [2.05, 4.69) is 22.0 Å². The van der Waals surface area contributed by atoms with Crippen molar-refractivity contribution in [3.8, 4) is 5.69 Å². The van der Waals surface area contributed by atoms with Crippen molar-refractivity contribution in [3.63, 3.8) is 0 Å². The van der Waals surface area contributed by atoms with Gasteiger partial charge < -0.3 is 4.90 Å². The largest absolute Gasteiger partial charge is 0.338 e. The zero-order valence-corrected chi connectivity index (χ0v) is 19.0. The number of benzene rings is 1. The lowest BCUT2D eigenvalue weighted by molar-refractivity contribution is -0.130. The average molecular weight is 460 g/mol. The van der Waals surface area contributed by atoms with Gasteiger partial charge in [-0.05, 0) is 25.0 Å². The summed E-state index contributed by atoms with van der Waals surface area (Å²) in [4.78, 5) is 23.5. The summed E-state index contributed by atoms with van der Waals surface area (Å²) >= 11 is 1.34. The van der Waals surface area contributed by atoms with Crippen molar-refractivity contribution >= 4 is 38.5 Å². The van der Waals surface area contributed by atoms with Crippen LogP contribution in [0.4, 0.5) is 0 Å². The molecule has 1 saturated heterocycles. The van der Waals surface area contributed by atoms with Crippen LogP contribution < -0.4 is 0 Å². The molecule has 3 heterocycles. The number of fused-ring (bicyclic) bond motifs is 1. The van der Waals surface area contributed by atoms with Crippen LogP contribution in [0.2, 0.25) is 0 Å². The van der Waals surface area contributed by atoms with Crippen molar-refractivity contribution in [2.24, 2.45) is 0 Å². The summed E-state index contributed by atoms with van der Waals surface area (Å²) in [7, 11) is -3.05. The molecule has 0 radical (unpaired) electrons. The molecule has 1 aromatic carbocycles. The Kier molecular flexibility index (Phi) is 6.57. The van der Waals surface area contributed by atoms with Crippen molar-refractivity contribution in [1.82, 2.24) is 24.6 Å². The summed E-state index contributed by atoms with van der Waals surface area (Å²) in [5, 5.41) is 5.92. The minimum atomic E-state index is -3.05. The SMILES string of the molecule is CCCCN(C(=O)CSc1ncnc2c1cnn2-c1ccccc1)C1CCS(=O)(=O)C1. The first-order chi connectivity index (χ1) is 15.0. The van der Waals surface area contributed by atoms with Crippen molar-refractivity contribution in [2.45, 2.75) is 37.3 Å². The highest BCUT2D eigenvalue weighted by atomic mass is 32.2. The molecular weight excluding hydrogens is 434 g/mol. The second kappa shape index (κ2) is 9.35. The molecule has 1 unspecified atom stereocenters. The molecule has 31 heavy (non-hydrogen) atoms. The topological polar surface area (TPSA) is 98.1 Å². The standard InChI is InChI=1S/C21H25N5O3S2/c1-2-3-10-25(17-9-11-31(28,29)14-17)19(27)13-30-21-18-12-24-26(20(18)22-15-23-21)16-7-5-4-6-8-16/h4-8,12,15,17H,2-3,9-11,13-14H2,1H3. The summed E-state index contributed by atoms with van der Waals surface area (Å²) in [6.07, 6.45) is 5.52. The maximum atomic E-state index is 13.0. The van der Waals surface area contributed by atoms with Gasteiger partial charge in [0.2, 0.25) is 5.91 Å². The number of carbonyl (C=O) groups is 1. The number of unbranched alkanes of at least 4 members (excludes halogenated alkanes) is 1. The first-order valence-electron chi connectivity index (χ1n) is 10.4. The van der Waals surface area contributed by atoms with Crippen LogP contribution in [0.5, 0.6) is 0 Å². The predicted octanol–water partition coefficient (Wildman–Crippen LogP) is 2.72. The Morgan fingerprint density at radius 3 is 2.77 bits per heavy atom. The zero-order valence-electron chi connectivity index (χ0n) is 17.3. The second-order valence-corrected chi connectivity index (χ2v) is 10.8. The van der Waals surface area contributed by atoms with Crippen molar-refractivity contribution in [1.29, 1.82) is 0 Å². The third kappa shape index (κ3) is 4.90. The number of rotatable bonds is 8. The fourth-order valence-corrected chi connectivity index (χ4v) is 6.35. The Labute approximate surface area is 186 Å². The van der Waals surface area contributed by atoms with Gasteiger partial charge in [-0.25, -0.2) is 23.1 Å². The number of para-hydroxylation sites is 1. The first-order valence-corrected chi connectivity index (χ1v) is 13.2. The van der Waals surface area contributed by atoms with Gasteiger partial charge in [-0.3, -0.25) is 4.79 Å². The number of amides is 1. The van der Waals surface area contributed by atoms with Crippen molar-refractivity contribution in [2.75, 3.05) is 23.8 Å². The maximum absolute atomic E-state index is 13.0. The molecule has 0 bridgehead atoms. The number of carbonyl (C=O) groups excluding carboxylic acids is 1. The Morgan fingerprint density at radius 2 is 2.06 bits per heavy atom. The minimum Gasteiger partial charge on any atom is -0.338 e. The number of hydrogen-bond acceptors (Lipinski definition) is 7. The van der Waals surface area contributed by atoms with E-state index in [1.165, 1.54) is 18.1 Å². The van der Waals surface area contributed by atoms with E-state index in [0.717, 1.165) is 23.9 Å². The predicted molar refractivity (Wildman–Crippen MR) is 121 cm³/mol. The highest BCUT2D eigenvalue weighted by molar-refractivity contribution is 8.00. The van der Waals surface area contributed by atoms with Crippen LogP contribution in [0.25, 0.3) is 16.7 Å². The Balaban J connectivity index is 1.51. The van der Waals surface area contributed by atoms with Crippen LogP contribution in [0.1, 0.15) is 26.2 Å². The van der Waals surface area contributed by atoms with E-state index in [1.54, 1.807) is 15.8 Å². The number of sulfone groups is 1. The molecular formula is C21H25N5O3S2. The summed E-state index contributed by atoms with van der Waals surface area (Å²) in [6, 6.07) is 9.49. The van der Waals surface area contributed by atoms with Gasteiger partial charge in [0.15, 0.2) is 15.5 Å². The van der Waals surface area contributed by atoms with E-state index in [9.17, 15) is 13.2 Å². The molecule has 1 fully saturated rings. The van der Waals surface area contributed by atoms with Gasteiger partial charge in [-0.15, -0.1) is 0 Å². The lowest BCUT2D eigenvalue weighted by atomic mass is 10.2. The normalized spacial score (nSPS) is 17.8. The van der Waals surface area contributed by atoms with E-state index < -0.39 is 9.84 Å². The van der Waals surface area contributed by atoms with Crippen molar-refractivity contribution < 1.29 is 13.2 Å². The molecule has 0 saturated carbocycles. The van der Waals surface area contributed by atoms with Gasteiger partial charge in [0.25, 0.3) is 0 Å². The molecule has 1 aliphatic heterocycles. The average Bonchev–Trinajstić information content (AvgIpc) is 3.36. The molecule has 0 aliphatic carbocycles. The summed E-state index contributed by atoms with van der Waals surface area (Å²) < 4.78 is 25.6. The molecule has 2 aromatic heterocycles. The molecule has 164 valence electrons. The van der Waals surface area contributed by atoms with Gasteiger partial charge in [0.1, 0.15) is 11.4 Å². The van der Waals surface area contributed by atoms with Crippen LogP contribution in [0.15, 0.2) is 47.9 Å². The smallest absolute Gasteiger partial charge is 0.233 e. The second-order valence-electron chi connectivity index (χ2n) is 7.59. The number of nitrogens with zero attached hydrogens (tertiary/aromatic N) is 5. The molecule has 3 aromatic rings. The van der Waals surface area contributed by atoms with E-state index in [0.29, 0.717) is 23.6 Å². The van der Waals surface area contributed by atoms with Gasteiger partial charge in [0.05, 0.1) is 34.5 Å². The molecule has 1 atom stereocenters. The van der Waals surface area contributed by atoms with E-state index in [4.69, 9.17) is 0 Å². The van der Waals surface area contributed by atoms with E-state index in [-0.39, 0.29) is 29.2 Å². The third-order valence-electron chi connectivity index (χ3n) is 5.38. The van der Waals surface area contributed by atoms with E-state index in [1.807, 2.05) is 30.3 Å². The Hall–Kier alpha value is -2.46. The Bertz CT molecular complexity index is 1160. The highest BCUT2D eigenvalue weighted by Crippen LogP contribution is 2.27. The molecule has 1 amide bonds. The summed E-state index contributed by atoms with van der Waals surface area (Å²) in [5.74, 6) is 0.367. The van der Waals surface area contributed by atoms with Gasteiger partial charge in [-0.2, -0.15) is 5.10 Å².